The molecule has 0 aliphatic carbocycles. The van der Waals surface area contributed by atoms with Crippen molar-refractivity contribution in [2.75, 3.05) is 0 Å². The van der Waals surface area contributed by atoms with Crippen molar-refractivity contribution in [1.29, 1.82) is 0 Å². The van der Waals surface area contributed by atoms with E-state index in [2.05, 4.69) is 63.5 Å². The van der Waals surface area contributed by atoms with Gasteiger partial charge in [-0.05, 0) is 30.7 Å². The molecule has 0 amide bonds. The van der Waals surface area contributed by atoms with Crippen LogP contribution in [0.4, 0.5) is 0 Å². The fourth-order valence-electron chi connectivity index (χ4n) is 3.14. The second-order valence-corrected chi connectivity index (χ2v) is 5.70. The van der Waals surface area contributed by atoms with Gasteiger partial charge in [0, 0.05) is 11.5 Å². The molecule has 108 valence electrons. The Morgan fingerprint density at radius 1 is 1.11 bits per heavy atom. The molecule has 0 aliphatic rings. The minimum absolute atomic E-state index is 0.138. The highest BCUT2D eigenvalue weighted by Gasteiger charge is 2.37. The van der Waals surface area contributed by atoms with Gasteiger partial charge in [0.1, 0.15) is 0 Å². The Kier molecular flexibility index (Phi) is 6.53. The third kappa shape index (κ3) is 3.58. The summed E-state index contributed by atoms with van der Waals surface area (Å²) in [5, 5.41) is 0. The van der Waals surface area contributed by atoms with Gasteiger partial charge in [-0.2, -0.15) is 0 Å². The van der Waals surface area contributed by atoms with Gasteiger partial charge in [-0.25, -0.2) is 0 Å². The monoisotopic (exact) mass is 262 g/mol. The van der Waals surface area contributed by atoms with Crippen LogP contribution in [-0.4, -0.2) is 6.04 Å². The normalized spacial score (nSPS) is 15.2. The molecule has 0 saturated carbocycles. The zero-order valence-electron chi connectivity index (χ0n) is 12.9. The number of rotatable bonds is 8. The average Bonchev–Trinajstić information content (AvgIpc) is 2.48. The number of hydrogen-bond acceptors (Lipinski definition) is 2. The molecule has 0 heterocycles. The molecular weight excluding hydrogens is 232 g/mol. The van der Waals surface area contributed by atoms with Crippen molar-refractivity contribution in [1.82, 2.24) is 5.43 Å². The Morgan fingerprint density at radius 2 is 1.68 bits per heavy atom. The van der Waals surface area contributed by atoms with Gasteiger partial charge in [-0.3, -0.25) is 11.3 Å². The van der Waals surface area contributed by atoms with Gasteiger partial charge in [0.2, 0.25) is 0 Å². The molecule has 19 heavy (non-hydrogen) atoms. The van der Waals surface area contributed by atoms with Crippen molar-refractivity contribution in [3.05, 3.63) is 35.9 Å². The van der Waals surface area contributed by atoms with Crippen LogP contribution in [0.5, 0.6) is 0 Å². The van der Waals surface area contributed by atoms with Gasteiger partial charge in [-0.1, -0.05) is 64.4 Å². The Labute approximate surface area is 118 Å². The molecule has 0 saturated heterocycles. The zero-order chi connectivity index (χ0) is 14.3. The van der Waals surface area contributed by atoms with Gasteiger partial charge < -0.3 is 0 Å². The first-order chi connectivity index (χ1) is 9.14. The molecule has 0 spiro atoms. The largest absolute Gasteiger partial charge is 0.271 e. The van der Waals surface area contributed by atoms with E-state index in [4.69, 9.17) is 5.84 Å². The van der Waals surface area contributed by atoms with Gasteiger partial charge in [0.05, 0.1) is 0 Å². The first kappa shape index (κ1) is 16.2. The minimum atomic E-state index is 0.138. The summed E-state index contributed by atoms with van der Waals surface area (Å²) in [5.41, 5.74) is 4.66. The summed E-state index contributed by atoms with van der Waals surface area (Å²) >= 11 is 0. The smallest absolute Gasteiger partial charge is 0.0309 e. The lowest BCUT2D eigenvalue weighted by atomic mass is 9.68. The molecule has 2 nitrogen and oxygen atoms in total. The van der Waals surface area contributed by atoms with Gasteiger partial charge in [0.25, 0.3) is 0 Å². The van der Waals surface area contributed by atoms with Crippen molar-refractivity contribution in [3.8, 4) is 0 Å². The highest BCUT2D eigenvalue weighted by Crippen LogP contribution is 2.37. The number of hydrogen-bond donors (Lipinski definition) is 2. The number of hydrazine groups is 1. The Hall–Kier alpha value is -0.860. The summed E-state index contributed by atoms with van der Waals surface area (Å²) in [6, 6.07) is 11.2. The van der Waals surface area contributed by atoms with E-state index < -0.39 is 0 Å². The van der Waals surface area contributed by atoms with Crippen LogP contribution >= 0.6 is 0 Å². The van der Waals surface area contributed by atoms with Crippen LogP contribution in [-0.2, 0) is 5.41 Å². The lowest BCUT2D eigenvalue weighted by Crippen LogP contribution is -2.51. The Bertz CT molecular complexity index is 344. The second-order valence-electron chi connectivity index (χ2n) is 5.70. The Morgan fingerprint density at radius 3 is 2.11 bits per heavy atom. The number of benzene rings is 1. The molecule has 0 bridgehead atoms. The van der Waals surface area contributed by atoms with Gasteiger partial charge >= 0.3 is 0 Å². The van der Waals surface area contributed by atoms with E-state index in [1.807, 2.05) is 0 Å². The number of nitrogens with two attached hydrogens (primary N) is 1. The highest BCUT2D eigenvalue weighted by molar-refractivity contribution is 5.27. The molecule has 1 aromatic rings. The van der Waals surface area contributed by atoms with Crippen LogP contribution in [0.15, 0.2) is 30.3 Å². The van der Waals surface area contributed by atoms with E-state index >= 15 is 0 Å². The molecule has 2 atom stereocenters. The fourth-order valence-corrected chi connectivity index (χ4v) is 3.14. The zero-order valence-corrected chi connectivity index (χ0v) is 12.9. The molecule has 0 fully saturated rings. The first-order valence-electron chi connectivity index (χ1n) is 7.66. The van der Waals surface area contributed by atoms with Crippen LogP contribution in [0.1, 0.15) is 58.9 Å². The third-order valence-electron chi connectivity index (χ3n) is 4.81. The van der Waals surface area contributed by atoms with Crippen LogP contribution in [0.2, 0.25) is 0 Å². The lowest BCUT2D eigenvalue weighted by Gasteiger charge is -2.41. The molecule has 0 radical (unpaired) electrons. The van der Waals surface area contributed by atoms with E-state index in [0.29, 0.717) is 12.0 Å². The molecule has 0 aromatic heterocycles. The molecule has 3 N–H and O–H groups in total. The van der Waals surface area contributed by atoms with Crippen molar-refractivity contribution in [2.24, 2.45) is 11.8 Å². The molecule has 0 aliphatic heterocycles. The summed E-state index contributed by atoms with van der Waals surface area (Å²) in [4.78, 5) is 0. The van der Waals surface area contributed by atoms with Crippen molar-refractivity contribution in [3.63, 3.8) is 0 Å². The first-order valence-corrected chi connectivity index (χ1v) is 7.66. The second kappa shape index (κ2) is 7.66. The topological polar surface area (TPSA) is 38.0 Å². The van der Waals surface area contributed by atoms with Crippen LogP contribution in [0.25, 0.3) is 0 Å². The SMILES string of the molecule is CCC(C)CC(NN)C(CC)(CC)c1ccccc1. The number of nitrogens with one attached hydrogen (secondary N) is 1. The van der Waals surface area contributed by atoms with Crippen LogP contribution in [0, 0.1) is 5.92 Å². The summed E-state index contributed by atoms with van der Waals surface area (Å²) in [6.45, 7) is 9.11. The van der Waals surface area contributed by atoms with E-state index in [1.54, 1.807) is 0 Å². The average molecular weight is 262 g/mol. The van der Waals surface area contributed by atoms with E-state index in [0.717, 1.165) is 19.3 Å². The van der Waals surface area contributed by atoms with Crippen molar-refractivity contribution in [2.45, 2.75) is 64.8 Å². The standard InChI is InChI=1S/C17H30N2/c1-5-14(4)13-16(19-18)17(6-2,7-3)15-11-9-8-10-12-15/h8-12,14,16,19H,5-7,13,18H2,1-4H3. The maximum atomic E-state index is 5.90. The molecule has 2 unspecified atom stereocenters. The van der Waals surface area contributed by atoms with Crippen molar-refractivity contribution < 1.29 is 0 Å². The predicted molar refractivity (Wildman–Crippen MR) is 83.9 cm³/mol. The van der Waals surface area contributed by atoms with Gasteiger partial charge in [0.15, 0.2) is 0 Å². The van der Waals surface area contributed by atoms with Crippen molar-refractivity contribution >= 4 is 0 Å². The van der Waals surface area contributed by atoms with E-state index in [9.17, 15) is 0 Å². The van der Waals surface area contributed by atoms with E-state index in [1.165, 1.54) is 12.0 Å². The maximum absolute atomic E-state index is 5.90. The van der Waals surface area contributed by atoms with Gasteiger partial charge in [-0.15, -0.1) is 0 Å². The van der Waals surface area contributed by atoms with Crippen LogP contribution in [0.3, 0.4) is 0 Å². The summed E-state index contributed by atoms with van der Waals surface area (Å²) in [5.74, 6) is 6.60. The third-order valence-corrected chi connectivity index (χ3v) is 4.81. The lowest BCUT2D eigenvalue weighted by molar-refractivity contribution is 0.234. The Balaban J connectivity index is 3.09. The summed E-state index contributed by atoms with van der Waals surface area (Å²) < 4.78 is 0. The maximum Gasteiger partial charge on any atom is 0.0309 e. The molecule has 1 rings (SSSR count). The van der Waals surface area contributed by atoms with Crippen LogP contribution < -0.4 is 11.3 Å². The molecule has 2 heteroatoms. The molecular formula is C17H30N2. The summed E-state index contributed by atoms with van der Waals surface area (Å²) in [6.07, 6.45) is 4.55. The van der Waals surface area contributed by atoms with E-state index in [-0.39, 0.29) is 5.41 Å². The fraction of sp³-hybridized carbons (Fsp3) is 0.647. The predicted octanol–water partition coefficient (Wildman–Crippen LogP) is 4.01. The quantitative estimate of drug-likeness (QED) is 0.548. The minimum Gasteiger partial charge on any atom is -0.271 e. The molecule has 1 aromatic carbocycles. The summed E-state index contributed by atoms with van der Waals surface area (Å²) in [7, 11) is 0. The highest BCUT2D eigenvalue weighted by atomic mass is 15.2.